The van der Waals surface area contributed by atoms with Gasteiger partial charge in [0.15, 0.2) is 0 Å². The van der Waals surface area contributed by atoms with Crippen LogP contribution in [-0.4, -0.2) is 49.1 Å². The second kappa shape index (κ2) is 9.49. The minimum absolute atomic E-state index is 0.678. The molecule has 1 N–H and O–H groups in total. The SMILES string of the molecule is CCCNC(CC)C(C)SCCN(C)C. The number of rotatable bonds is 9. The topological polar surface area (TPSA) is 15.3 Å². The third-order valence-corrected chi connectivity index (χ3v) is 3.85. The molecule has 0 radical (unpaired) electrons. The minimum Gasteiger partial charge on any atom is -0.313 e. The molecule has 0 rings (SSSR count). The molecule has 92 valence electrons. The Hall–Kier alpha value is 0.270. The molecule has 0 fully saturated rings. The summed E-state index contributed by atoms with van der Waals surface area (Å²) < 4.78 is 0. The lowest BCUT2D eigenvalue weighted by Crippen LogP contribution is -2.37. The zero-order chi connectivity index (χ0) is 11.7. The molecule has 15 heavy (non-hydrogen) atoms. The summed E-state index contributed by atoms with van der Waals surface area (Å²) in [4.78, 5) is 2.25. The summed E-state index contributed by atoms with van der Waals surface area (Å²) in [5.41, 5.74) is 0. The first-order chi connectivity index (χ1) is 7.11. The molecular formula is C12H28N2S. The van der Waals surface area contributed by atoms with E-state index in [1.165, 1.54) is 25.1 Å². The van der Waals surface area contributed by atoms with Crippen LogP contribution in [0.2, 0.25) is 0 Å². The predicted molar refractivity (Wildman–Crippen MR) is 72.8 cm³/mol. The molecule has 0 aliphatic heterocycles. The van der Waals surface area contributed by atoms with Crippen molar-refractivity contribution in [1.29, 1.82) is 0 Å². The number of nitrogens with one attached hydrogen (secondary N) is 1. The van der Waals surface area contributed by atoms with Gasteiger partial charge in [-0.15, -0.1) is 0 Å². The normalized spacial score (nSPS) is 15.6. The van der Waals surface area contributed by atoms with Gasteiger partial charge in [-0.25, -0.2) is 0 Å². The Bertz CT molecular complexity index is 140. The summed E-state index contributed by atoms with van der Waals surface area (Å²) in [5, 5.41) is 4.35. The van der Waals surface area contributed by atoms with Crippen molar-refractivity contribution in [3.05, 3.63) is 0 Å². The summed E-state index contributed by atoms with van der Waals surface area (Å²) in [6, 6.07) is 0.678. The van der Waals surface area contributed by atoms with Gasteiger partial charge in [-0.3, -0.25) is 0 Å². The molecule has 0 aromatic rings. The minimum atomic E-state index is 0.678. The van der Waals surface area contributed by atoms with Crippen LogP contribution >= 0.6 is 11.8 Å². The van der Waals surface area contributed by atoms with E-state index in [0.717, 1.165) is 11.8 Å². The van der Waals surface area contributed by atoms with Gasteiger partial charge in [0, 0.05) is 23.6 Å². The number of hydrogen-bond donors (Lipinski definition) is 1. The number of nitrogens with zero attached hydrogens (tertiary/aromatic N) is 1. The van der Waals surface area contributed by atoms with Crippen LogP contribution in [0.1, 0.15) is 33.6 Å². The highest BCUT2D eigenvalue weighted by molar-refractivity contribution is 7.99. The van der Waals surface area contributed by atoms with Crippen molar-refractivity contribution in [2.45, 2.75) is 44.9 Å². The molecule has 0 aliphatic carbocycles. The highest BCUT2D eigenvalue weighted by atomic mass is 32.2. The first-order valence-corrected chi connectivity index (χ1v) is 7.16. The molecule has 0 aromatic heterocycles. The second-order valence-corrected chi connectivity index (χ2v) is 5.83. The molecule has 0 aromatic carbocycles. The highest BCUT2D eigenvalue weighted by Gasteiger charge is 2.14. The van der Waals surface area contributed by atoms with Gasteiger partial charge in [-0.05, 0) is 33.5 Å². The Labute approximate surface area is 100 Å². The predicted octanol–water partition coefficient (Wildman–Crippen LogP) is 2.45. The van der Waals surface area contributed by atoms with E-state index in [0.29, 0.717) is 6.04 Å². The van der Waals surface area contributed by atoms with Gasteiger partial charge in [0.05, 0.1) is 0 Å². The van der Waals surface area contributed by atoms with Gasteiger partial charge in [0.2, 0.25) is 0 Å². The van der Waals surface area contributed by atoms with Gasteiger partial charge in [0.25, 0.3) is 0 Å². The fraction of sp³-hybridized carbons (Fsp3) is 1.00. The van der Waals surface area contributed by atoms with Crippen LogP contribution in [0.5, 0.6) is 0 Å². The van der Waals surface area contributed by atoms with Gasteiger partial charge >= 0.3 is 0 Å². The fourth-order valence-corrected chi connectivity index (χ4v) is 2.87. The Morgan fingerprint density at radius 3 is 2.40 bits per heavy atom. The van der Waals surface area contributed by atoms with E-state index in [-0.39, 0.29) is 0 Å². The maximum atomic E-state index is 3.62. The molecule has 2 atom stereocenters. The van der Waals surface area contributed by atoms with E-state index in [2.05, 4.69) is 56.8 Å². The molecule has 2 unspecified atom stereocenters. The second-order valence-electron chi connectivity index (χ2n) is 4.35. The zero-order valence-electron chi connectivity index (χ0n) is 11.0. The smallest absolute Gasteiger partial charge is 0.0181 e. The molecule has 0 spiro atoms. The van der Waals surface area contributed by atoms with Gasteiger partial charge in [0.1, 0.15) is 0 Å². The zero-order valence-corrected chi connectivity index (χ0v) is 11.9. The lowest BCUT2D eigenvalue weighted by Gasteiger charge is -2.24. The molecule has 3 heteroatoms. The average molecular weight is 232 g/mol. The molecule has 0 saturated carbocycles. The van der Waals surface area contributed by atoms with E-state index in [1.54, 1.807) is 0 Å². The first kappa shape index (κ1) is 15.3. The van der Waals surface area contributed by atoms with E-state index in [1.807, 2.05) is 0 Å². The van der Waals surface area contributed by atoms with Crippen molar-refractivity contribution in [2.24, 2.45) is 0 Å². The molecule has 0 saturated heterocycles. The maximum Gasteiger partial charge on any atom is 0.0181 e. The summed E-state index contributed by atoms with van der Waals surface area (Å²) in [6.45, 7) is 9.17. The maximum absolute atomic E-state index is 3.62. The lowest BCUT2D eigenvalue weighted by atomic mass is 10.1. The Kier molecular flexibility index (Phi) is 9.66. The summed E-state index contributed by atoms with van der Waals surface area (Å²) in [5.74, 6) is 1.23. The van der Waals surface area contributed by atoms with Crippen LogP contribution in [0.3, 0.4) is 0 Å². The van der Waals surface area contributed by atoms with Crippen molar-refractivity contribution >= 4 is 11.8 Å². The van der Waals surface area contributed by atoms with Gasteiger partial charge in [-0.2, -0.15) is 11.8 Å². The molecule has 2 nitrogen and oxygen atoms in total. The molecule has 0 bridgehead atoms. The summed E-state index contributed by atoms with van der Waals surface area (Å²) in [6.07, 6.45) is 2.46. The van der Waals surface area contributed by atoms with E-state index in [9.17, 15) is 0 Å². The van der Waals surface area contributed by atoms with Crippen LogP contribution in [0.4, 0.5) is 0 Å². The molecule has 0 amide bonds. The number of hydrogen-bond acceptors (Lipinski definition) is 3. The van der Waals surface area contributed by atoms with Crippen LogP contribution in [0.15, 0.2) is 0 Å². The Balaban J connectivity index is 3.67. The Morgan fingerprint density at radius 2 is 1.93 bits per heavy atom. The van der Waals surface area contributed by atoms with Crippen LogP contribution in [-0.2, 0) is 0 Å². The largest absolute Gasteiger partial charge is 0.313 e. The standard InChI is InChI=1S/C12H28N2S/c1-6-8-13-12(7-2)11(3)15-10-9-14(4)5/h11-13H,6-10H2,1-5H3. The van der Waals surface area contributed by atoms with Crippen molar-refractivity contribution in [1.82, 2.24) is 10.2 Å². The molecular weight excluding hydrogens is 204 g/mol. The fourth-order valence-electron chi connectivity index (χ4n) is 1.51. The molecule has 0 heterocycles. The first-order valence-electron chi connectivity index (χ1n) is 6.11. The van der Waals surface area contributed by atoms with Crippen LogP contribution in [0, 0.1) is 0 Å². The van der Waals surface area contributed by atoms with Crippen molar-refractivity contribution in [3.63, 3.8) is 0 Å². The average Bonchev–Trinajstić information content (AvgIpc) is 2.18. The third-order valence-electron chi connectivity index (χ3n) is 2.58. The van der Waals surface area contributed by atoms with E-state index in [4.69, 9.17) is 0 Å². The third kappa shape index (κ3) is 8.12. The van der Waals surface area contributed by atoms with Crippen molar-refractivity contribution in [2.75, 3.05) is 32.9 Å². The number of thioether (sulfide) groups is 1. The monoisotopic (exact) mass is 232 g/mol. The van der Waals surface area contributed by atoms with Crippen LogP contribution in [0.25, 0.3) is 0 Å². The van der Waals surface area contributed by atoms with E-state index < -0.39 is 0 Å². The van der Waals surface area contributed by atoms with Crippen LogP contribution < -0.4 is 5.32 Å². The lowest BCUT2D eigenvalue weighted by molar-refractivity contribution is 0.436. The highest BCUT2D eigenvalue weighted by Crippen LogP contribution is 2.16. The van der Waals surface area contributed by atoms with Crippen molar-refractivity contribution < 1.29 is 0 Å². The quantitative estimate of drug-likeness (QED) is 0.657. The summed E-state index contributed by atoms with van der Waals surface area (Å²) in [7, 11) is 4.27. The molecule has 0 aliphatic rings. The Morgan fingerprint density at radius 1 is 1.27 bits per heavy atom. The van der Waals surface area contributed by atoms with E-state index >= 15 is 0 Å². The van der Waals surface area contributed by atoms with Crippen molar-refractivity contribution in [3.8, 4) is 0 Å². The summed E-state index contributed by atoms with van der Waals surface area (Å²) >= 11 is 2.08. The van der Waals surface area contributed by atoms with Gasteiger partial charge in [-0.1, -0.05) is 20.8 Å². The van der Waals surface area contributed by atoms with Gasteiger partial charge < -0.3 is 10.2 Å².